The van der Waals surface area contributed by atoms with Crippen LogP contribution in [-0.2, 0) is 6.54 Å². The van der Waals surface area contributed by atoms with Crippen LogP contribution in [0.4, 0.5) is 17.5 Å². The molecule has 0 aliphatic carbocycles. The van der Waals surface area contributed by atoms with Crippen molar-refractivity contribution >= 4 is 33.4 Å². The summed E-state index contributed by atoms with van der Waals surface area (Å²) in [5, 5.41) is 13.5. The van der Waals surface area contributed by atoms with E-state index in [2.05, 4.69) is 31.2 Å². The molecule has 1 aromatic heterocycles. The molecule has 2 rings (SSSR count). The molecule has 0 unspecified atom stereocenters. The summed E-state index contributed by atoms with van der Waals surface area (Å²) in [6, 6.07) is 7.71. The number of aromatic nitrogens is 2. The Balaban J connectivity index is 2.06. The van der Waals surface area contributed by atoms with E-state index in [0.717, 1.165) is 16.2 Å². The molecule has 0 saturated carbocycles. The van der Waals surface area contributed by atoms with Gasteiger partial charge in [-0.25, -0.2) is 4.98 Å². The number of benzene rings is 1. The van der Waals surface area contributed by atoms with Crippen LogP contribution in [0.2, 0.25) is 0 Å². The van der Waals surface area contributed by atoms with Crippen molar-refractivity contribution in [1.82, 2.24) is 9.97 Å². The molecule has 0 saturated heterocycles. The molecule has 19 heavy (non-hydrogen) atoms. The van der Waals surface area contributed by atoms with Gasteiger partial charge in [-0.3, -0.25) is 10.1 Å². The van der Waals surface area contributed by atoms with Crippen LogP contribution in [0.1, 0.15) is 5.56 Å². The van der Waals surface area contributed by atoms with E-state index in [4.69, 9.17) is 5.73 Å². The van der Waals surface area contributed by atoms with Gasteiger partial charge in [0, 0.05) is 11.0 Å². The number of hydrogen-bond donors (Lipinski definition) is 2. The second-order valence-corrected chi connectivity index (χ2v) is 4.62. The van der Waals surface area contributed by atoms with E-state index in [-0.39, 0.29) is 17.5 Å². The van der Waals surface area contributed by atoms with Crippen molar-refractivity contribution in [2.45, 2.75) is 6.54 Å². The van der Waals surface area contributed by atoms with Gasteiger partial charge in [0.15, 0.2) is 0 Å². The van der Waals surface area contributed by atoms with E-state index < -0.39 is 4.92 Å². The number of nitrogen functional groups attached to an aromatic ring is 1. The van der Waals surface area contributed by atoms with Crippen molar-refractivity contribution in [3.05, 3.63) is 50.6 Å². The minimum absolute atomic E-state index is 0.154. The molecular formula is C11H10BrN5O2. The lowest BCUT2D eigenvalue weighted by Crippen LogP contribution is -2.07. The molecule has 7 nitrogen and oxygen atoms in total. The predicted molar refractivity (Wildman–Crippen MR) is 74.6 cm³/mol. The monoisotopic (exact) mass is 323 g/mol. The molecule has 3 N–H and O–H groups in total. The number of rotatable bonds is 4. The number of nitrogens with one attached hydrogen (secondary N) is 1. The highest BCUT2D eigenvalue weighted by Gasteiger charge is 2.13. The third-order valence-corrected chi connectivity index (χ3v) is 2.89. The number of anilines is 2. The Morgan fingerprint density at radius 2 is 2.05 bits per heavy atom. The van der Waals surface area contributed by atoms with Crippen LogP contribution in [0.15, 0.2) is 34.9 Å². The van der Waals surface area contributed by atoms with E-state index in [1.165, 1.54) is 0 Å². The fraction of sp³-hybridized carbons (Fsp3) is 0.0909. The lowest BCUT2D eigenvalue weighted by atomic mass is 10.2. The SMILES string of the molecule is Nc1nc(NCc2ccc(Br)cc2)ncc1[N+](=O)[O-]. The number of nitrogens with zero attached hydrogens (tertiary/aromatic N) is 3. The second kappa shape index (κ2) is 5.61. The second-order valence-electron chi connectivity index (χ2n) is 3.70. The summed E-state index contributed by atoms with van der Waals surface area (Å²) in [6.07, 6.45) is 1.09. The average Bonchev–Trinajstić information content (AvgIpc) is 2.37. The van der Waals surface area contributed by atoms with Gasteiger partial charge in [-0.15, -0.1) is 0 Å². The van der Waals surface area contributed by atoms with Gasteiger partial charge in [0.1, 0.15) is 6.20 Å². The van der Waals surface area contributed by atoms with Crippen molar-refractivity contribution in [2.75, 3.05) is 11.1 Å². The first-order valence-electron chi connectivity index (χ1n) is 5.31. The van der Waals surface area contributed by atoms with Crippen LogP contribution in [0.25, 0.3) is 0 Å². The van der Waals surface area contributed by atoms with Gasteiger partial charge in [0.05, 0.1) is 4.92 Å². The molecule has 1 heterocycles. The molecule has 0 spiro atoms. The zero-order chi connectivity index (χ0) is 13.8. The molecule has 0 aliphatic heterocycles. The number of halogens is 1. The quantitative estimate of drug-likeness (QED) is 0.660. The largest absolute Gasteiger partial charge is 0.378 e. The molecule has 0 atom stereocenters. The van der Waals surface area contributed by atoms with Gasteiger partial charge < -0.3 is 11.1 Å². The predicted octanol–water partition coefficient (Wildman–Crippen LogP) is 2.34. The molecule has 98 valence electrons. The molecule has 0 radical (unpaired) electrons. The molecule has 8 heteroatoms. The van der Waals surface area contributed by atoms with Crippen molar-refractivity contribution in [1.29, 1.82) is 0 Å². The molecule has 0 aliphatic rings. The minimum Gasteiger partial charge on any atom is -0.378 e. The number of nitrogens with two attached hydrogens (primary N) is 1. The topological polar surface area (TPSA) is 107 Å². The van der Waals surface area contributed by atoms with Gasteiger partial charge >= 0.3 is 5.69 Å². The highest BCUT2D eigenvalue weighted by molar-refractivity contribution is 9.10. The molecule has 0 bridgehead atoms. The molecule has 2 aromatic rings. The van der Waals surface area contributed by atoms with Crippen LogP contribution >= 0.6 is 15.9 Å². The Bertz CT molecular complexity index is 603. The van der Waals surface area contributed by atoms with Gasteiger partial charge in [-0.2, -0.15) is 4.98 Å². The summed E-state index contributed by atoms with van der Waals surface area (Å²) in [4.78, 5) is 17.6. The first-order valence-corrected chi connectivity index (χ1v) is 6.11. The van der Waals surface area contributed by atoms with Crippen molar-refractivity contribution in [3.63, 3.8) is 0 Å². The van der Waals surface area contributed by atoms with Gasteiger partial charge in [-0.05, 0) is 17.7 Å². The maximum absolute atomic E-state index is 10.6. The highest BCUT2D eigenvalue weighted by Crippen LogP contribution is 2.18. The summed E-state index contributed by atoms with van der Waals surface area (Å²) in [7, 11) is 0. The van der Waals surface area contributed by atoms with Crippen LogP contribution in [-0.4, -0.2) is 14.9 Å². The van der Waals surface area contributed by atoms with Crippen molar-refractivity contribution < 1.29 is 4.92 Å². The van der Waals surface area contributed by atoms with E-state index >= 15 is 0 Å². The molecular weight excluding hydrogens is 314 g/mol. The standard InChI is InChI=1S/C11H10BrN5O2/c12-8-3-1-7(2-4-8)5-14-11-15-6-9(17(18)19)10(13)16-11/h1-4,6H,5H2,(H3,13,14,15,16). The summed E-state index contributed by atoms with van der Waals surface area (Å²) in [5.41, 5.74) is 6.21. The van der Waals surface area contributed by atoms with Crippen LogP contribution in [0.3, 0.4) is 0 Å². The Morgan fingerprint density at radius 3 is 2.63 bits per heavy atom. The highest BCUT2D eigenvalue weighted by atomic mass is 79.9. The molecule has 1 aromatic carbocycles. The van der Waals surface area contributed by atoms with Crippen LogP contribution in [0, 0.1) is 10.1 Å². The molecule has 0 amide bonds. The maximum Gasteiger partial charge on any atom is 0.329 e. The number of nitro groups is 1. The zero-order valence-electron chi connectivity index (χ0n) is 9.71. The summed E-state index contributed by atoms with van der Waals surface area (Å²) in [6.45, 7) is 0.504. The lowest BCUT2D eigenvalue weighted by molar-refractivity contribution is -0.384. The van der Waals surface area contributed by atoms with Crippen LogP contribution in [0.5, 0.6) is 0 Å². The van der Waals surface area contributed by atoms with E-state index in [1.807, 2.05) is 24.3 Å². The first kappa shape index (κ1) is 13.2. The van der Waals surface area contributed by atoms with Crippen molar-refractivity contribution in [2.24, 2.45) is 0 Å². The fourth-order valence-electron chi connectivity index (χ4n) is 1.40. The van der Waals surface area contributed by atoms with Gasteiger partial charge in [0.25, 0.3) is 0 Å². The Hall–Kier alpha value is -2.22. The third-order valence-electron chi connectivity index (χ3n) is 2.36. The van der Waals surface area contributed by atoms with Crippen molar-refractivity contribution in [3.8, 4) is 0 Å². The number of hydrogen-bond acceptors (Lipinski definition) is 6. The first-order chi connectivity index (χ1) is 9.06. The lowest BCUT2D eigenvalue weighted by Gasteiger charge is -2.05. The summed E-state index contributed by atoms with van der Waals surface area (Å²) < 4.78 is 0.993. The van der Waals surface area contributed by atoms with Crippen LogP contribution < -0.4 is 11.1 Å². The van der Waals surface area contributed by atoms with E-state index in [9.17, 15) is 10.1 Å². The average molecular weight is 324 g/mol. The minimum atomic E-state index is -0.617. The van der Waals surface area contributed by atoms with E-state index in [0.29, 0.717) is 6.54 Å². The fourth-order valence-corrected chi connectivity index (χ4v) is 1.66. The van der Waals surface area contributed by atoms with Gasteiger partial charge in [-0.1, -0.05) is 28.1 Å². The van der Waals surface area contributed by atoms with Gasteiger partial charge in [0.2, 0.25) is 11.8 Å². The summed E-state index contributed by atoms with van der Waals surface area (Å²) >= 11 is 3.35. The maximum atomic E-state index is 10.6. The van der Waals surface area contributed by atoms with E-state index in [1.54, 1.807) is 0 Å². The normalized spacial score (nSPS) is 10.2. The third kappa shape index (κ3) is 3.38. The Kier molecular flexibility index (Phi) is 3.91. The Morgan fingerprint density at radius 1 is 1.37 bits per heavy atom. The summed E-state index contributed by atoms with van der Waals surface area (Å²) in [5.74, 6) is 0.101. The Labute approximate surface area is 117 Å². The molecule has 0 fully saturated rings. The zero-order valence-corrected chi connectivity index (χ0v) is 11.3. The smallest absolute Gasteiger partial charge is 0.329 e.